The Bertz CT molecular complexity index is 491. The number of methoxy groups -OCH3 is 1. The Morgan fingerprint density at radius 2 is 2.35 bits per heavy atom. The Morgan fingerprint density at radius 3 is 2.95 bits per heavy atom. The molecule has 1 aliphatic carbocycles. The molecule has 1 fully saturated rings. The van der Waals surface area contributed by atoms with Crippen molar-refractivity contribution in [1.29, 1.82) is 0 Å². The Hall–Kier alpha value is -1.69. The second-order valence-electron chi connectivity index (χ2n) is 5.16. The van der Waals surface area contributed by atoms with Crippen LogP contribution in [0.1, 0.15) is 30.1 Å². The molecule has 1 heterocycles. The van der Waals surface area contributed by atoms with E-state index in [1.165, 1.54) is 0 Å². The quantitative estimate of drug-likeness (QED) is 0.861. The number of ether oxygens (including phenoxy) is 1. The summed E-state index contributed by atoms with van der Waals surface area (Å²) in [6, 6.07) is 1.24. The van der Waals surface area contributed by atoms with Gasteiger partial charge in [0.1, 0.15) is 11.6 Å². The van der Waals surface area contributed by atoms with E-state index >= 15 is 0 Å². The summed E-state index contributed by atoms with van der Waals surface area (Å²) in [5.41, 5.74) is 5.81. The van der Waals surface area contributed by atoms with Gasteiger partial charge in [0.05, 0.1) is 18.4 Å². The van der Waals surface area contributed by atoms with E-state index in [1.807, 2.05) is 6.92 Å². The van der Waals surface area contributed by atoms with Crippen LogP contribution in [0.4, 0.5) is 10.2 Å². The van der Waals surface area contributed by atoms with Crippen LogP contribution in [0.5, 0.6) is 0 Å². The van der Waals surface area contributed by atoms with E-state index < -0.39 is 5.82 Å². The van der Waals surface area contributed by atoms with Crippen LogP contribution in [0.2, 0.25) is 0 Å². The van der Waals surface area contributed by atoms with Crippen LogP contribution in [0.15, 0.2) is 12.3 Å². The van der Waals surface area contributed by atoms with Crippen LogP contribution in [0, 0.1) is 11.7 Å². The number of nitrogens with two attached hydrogens (primary N) is 1. The van der Waals surface area contributed by atoms with Gasteiger partial charge in [0.25, 0.3) is 5.91 Å². The molecule has 0 radical (unpaired) electrons. The molecule has 0 saturated heterocycles. The molecule has 0 bridgehead atoms. The minimum Gasteiger partial charge on any atom is -0.383 e. The van der Waals surface area contributed by atoms with Gasteiger partial charge in [-0.15, -0.1) is 0 Å². The van der Waals surface area contributed by atoms with Crippen molar-refractivity contribution in [3.63, 3.8) is 0 Å². The number of amides is 1. The molecule has 0 aromatic carbocycles. The maximum atomic E-state index is 13.3. The van der Waals surface area contributed by atoms with Gasteiger partial charge in [-0.1, -0.05) is 0 Å². The largest absolute Gasteiger partial charge is 0.383 e. The summed E-state index contributed by atoms with van der Waals surface area (Å²) in [6.45, 7) is 2.91. The first-order chi connectivity index (χ1) is 9.54. The number of rotatable bonds is 6. The van der Waals surface area contributed by atoms with Crippen molar-refractivity contribution in [3.05, 3.63) is 23.6 Å². The van der Waals surface area contributed by atoms with E-state index in [4.69, 9.17) is 10.5 Å². The highest BCUT2D eigenvalue weighted by molar-refractivity contribution is 5.98. The molecule has 20 heavy (non-hydrogen) atoms. The predicted octanol–water partition coefficient (Wildman–Crippen LogP) is 1.69. The summed E-state index contributed by atoms with van der Waals surface area (Å²) in [5.74, 6) is -0.278. The van der Waals surface area contributed by atoms with Crippen LogP contribution >= 0.6 is 0 Å². The van der Waals surface area contributed by atoms with Gasteiger partial charge in [0, 0.05) is 19.7 Å². The van der Waals surface area contributed by atoms with Gasteiger partial charge in [-0.25, -0.2) is 9.37 Å². The molecule has 1 saturated carbocycles. The number of hydrogen-bond donors (Lipinski definition) is 1. The highest BCUT2D eigenvalue weighted by Crippen LogP contribution is 2.35. The molecular formula is C14H20FN3O2. The standard InChI is InChI=1S/C14H20FN3O2/c1-9(10-3-4-10)18(5-6-20-2)14(19)12-7-11(15)8-17-13(12)16/h7-10H,3-6H2,1-2H3,(H2,16,17). The summed E-state index contributed by atoms with van der Waals surface area (Å²) >= 11 is 0. The lowest BCUT2D eigenvalue weighted by Crippen LogP contribution is -2.42. The third-order valence-electron chi connectivity index (χ3n) is 3.71. The lowest BCUT2D eigenvalue weighted by Gasteiger charge is -2.29. The molecule has 2 rings (SSSR count). The smallest absolute Gasteiger partial charge is 0.258 e. The number of anilines is 1. The number of halogens is 1. The number of nitrogen functional groups attached to an aromatic ring is 1. The average molecular weight is 281 g/mol. The van der Waals surface area contributed by atoms with E-state index in [-0.39, 0.29) is 23.3 Å². The molecule has 5 nitrogen and oxygen atoms in total. The lowest BCUT2D eigenvalue weighted by molar-refractivity contribution is 0.0595. The van der Waals surface area contributed by atoms with Crippen molar-refractivity contribution < 1.29 is 13.9 Å². The van der Waals surface area contributed by atoms with Crippen molar-refractivity contribution in [2.45, 2.75) is 25.8 Å². The van der Waals surface area contributed by atoms with Gasteiger partial charge in [-0.05, 0) is 31.7 Å². The van der Waals surface area contributed by atoms with Crippen molar-refractivity contribution >= 4 is 11.7 Å². The fourth-order valence-electron chi connectivity index (χ4n) is 2.29. The number of hydrogen-bond acceptors (Lipinski definition) is 4. The van der Waals surface area contributed by atoms with Gasteiger partial charge < -0.3 is 15.4 Å². The zero-order valence-corrected chi connectivity index (χ0v) is 11.8. The summed E-state index contributed by atoms with van der Waals surface area (Å²) in [4.78, 5) is 18.0. The Morgan fingerprint density at radius 1 is 1.65 bits per heavy atom. The van der Waals surface area contributed by atoms with E-state index in [0.717, 1.165) is 25.1 Å². The first kappa shape index (κ1) is 14.7. The molecule has 1 atom stereocenters. The van der Waals surface area contributed by atoms with Crippen LogP contribution in [-0.4, -0.2) is 42.1 Å². The minimum absolute atomic E-state index is 0.0572. The molecule has 0 aliphatic heterocycles. The van der Waals surface area contributed by atoms with E-state index in [0.29, 0.717) is 19.1 Å². The van der Waals surface area contributed by atoms with Crippen molar-refractivity contribution in [1.82, 2.24) is 9.88 Å². The van der Waals surface area contributed by atoms with Gasteiger partial charge in [-0.3, -0.25) is 4.79 Å². The van der Waals surface area contributed by atoms with Crippen molar-refractivity contribution in [2.75, 3.05) is 26.0 Å². The Balaban J connectivity index is 2.22. The number of carbonyl (C=O) groups is 1. The summed E-state index contributed by atoms with van der Waals surface area (Å²) in [5, 5.41) is 0. The highest BCUT2D eigenvalue weighted by Gasteiger charge is 2.35. The zero-order chi connectivity index (χ0) is 14.7. The molecule has 6 heteroatoms. The van der Waals surface area contributed by atoms with Gasteiger partial charge in [0.15, 0.2) is 0 Å². The lowest BCUT2D eigenvalue weighted by atomic mass is 10.1. The van der Waals surface area contributed by atoms with E-state index in [2.05, 4.69) is 4.98 Å². The monoisotopic (exact) mass is 281 g/mol. The maximum absolute atomic E-state index is 13.3. The molecular weight excluding hydrogens is 261 g/mol. The normalized spacial score (nSPS) is 15.9. The first-order valence-electron chi connectivity index (χ1n) is 6.75. The maximum Gasteiger partial charge on any atom is 0.258 e. The van der Waals surface area contributed by atoms with Crippen LogP contribution < -0.4 is 5.73 Å². The third-order valence-corrected chi connectivity index (χ3v) is 3.71. The third kappa shape index (κ3) is 3.25. The molecule has 1 aliphatic rings. The second kappa shape index (κ2) is 6.17. The number of aromatic nitrogens is 1. The molecule has 2 N–H and O–H groups in total. The molecule has 1 amide bonds. The molecule has 0 spiro atoms. The first-order valence-corrected chi connectivity index (χ1v) is 6.75. The Labute approximate surface area is 117 Å². The van der Waals surface area contributed by atoms with Crippen molar-refractivity contribution in [3.8, 4) is 0 Å². The molecule has 1 aromatic heterocycles. The summed E-state index contributed by atoms with van der Waals surface area (Å²) in [7, 11) is 1.59. The van der Waals surface area contributed by atoms with Gasteiger partial charge >= 0.3 is 0 Å². The summed E-state index contributed by atoms with van der Waals surface area (Å²) in [6.07, 6.45) is 3.25. The predicted molar refractivity (Wildman–Crippen MR) is 73.7 cm³/mol. The average Bonchev–Trinajstić information content (AvgIpc) is 3.26. The Kier molecular flexibility index (Phi) is 4.54. The number of nitrogens with zero attached hydrogens (tertiary/aromatic N) is 2. The van der Waals surface area contributed by atoms with Crippen LogP contribution in [0.25, 0.3) is 0 Å². The fraction of sp³-hybridized carbons (Fsp3) is 0.571. The minimum atomic E-state index is -0.562. The topological polar surface area (TPSA) is 68.5 Å². The second-order valence-corrected chi connectivity index (χ2v) is 5.16. The highest BCUT2D eigenvalue weighted by atomic mass is 19.1. The molecule has 1 unspecified atom stereocenters. The fourth-order valence-corrected chi connectivity index (χ4v) is 2.29. The van der Waals surface area contributed by atoms with E-state index in [9.17, 15) is 9.18 Å². The van der Waals surface area contributed by atoms with Gasteiger partial charge in [0.2, 0.25) is 0 Å². The van der Waals surface area contributed by atoms with E-state index in [1.54, 1.807) is 12.0 Å². The SMILES string of the molecule is COCCN(C(=O)c1cc(F)cnc1N)C(C)C1CC1. The van der Waals surface area contributed by atoms with Crippen LogP contribution in [0.3, 0.4) is 0 Å². The number of carbonyl (C=O) groups excluding carboxylic acids is 1. The zero-order valence-electron chi connectivity index (χ0n) is 11.8. The molecule has 110 valence electrons. The van der Waals surface area contributed by atoms with Crippen molar-refractivity contribution in [2.24, 2.45) is 5.92 Å². The van der Waals surface area contributed by atoms with Gasteiger partial charge in [-0.2, -0.15) is 0 Å². The number of pyridine rings is 1. The van der Waals surface area contributed by atoms with Crippen LogP contribution in [-0.2, 0) is 4.74 Å². The summed E-state index contributed by atoms with van der Waals surface area (Å²) < 4.78 is 18.3. The molecule has 1 aromatic rings.